The monoisotopic (exact) mass is 244 g/mol. The molecular formula is C14H16N2O2. The molecule has 18 heavy (non-hydrogen) atoms. The lowest BCUT2D eigenvalue weighted by atomic mass is 9.98. The maximum absolute atomic E-state index is 8.67. The highest BCUT2D eigenvalue weighted by Gasteiger charge is 2.15. The number of ether oxygens (including phenoxy) is 2. The highest BCUT2D eigenvalue weighted by molar-refractivity contribution is 5.27. The van der Waals surface area contributed by atoms with E-state index in [1.54, 1.807) is 25.4 Å². The Morgan fingerprint density at radius 3 is 3.06 bits per heavy atom. The second kappa shape index (κ2) is 6.18. The summed E-state index contributed by atoms with van der Waals surface area (Å²) in [6, 6.07) is 5.43. The van der Waals surface area contributed by atoms with Crippen LogP contribution in [0.1, 0.15) is 25.0 Å². The first kappa shape index (κ1) is 12.6. The largest absolute Gasteiger partial charge is 0.485 e. The molecule has 1 aromatic rings. The first-order chi connectivity index (χ1) is 8.81. The summed E-state index contributed by atoms with van der Waals surface area (Å²) >= 11 is 0. The Labute approximate surface area is 107 Å². The van der Waals surface area contributed by atoms with Crippen LogP contribution < -0.4 is 4.74 Å². The average molecular weight is 244 g/mol. The van der Waals surface area contributed by atoms with E-state index >= 15 is 0 Å². The number of nitrogens with zero attached hydrogens (tertiary/aromatic N) is 2. The van der Waals surface area contributed by atoms with Gasteiger partial charge in [-0.1, -0.05) is 0 Å². The van der Waals surface area contributed by atoms with Gasteiger partial charge in [-0.05, 0) is 43.0 Å². The summed E-state index contributed by atoms with van der Waals surface area (Å²) in [6.07, 6.45) is 7.01. The molecule has 1 heterocycles. The van der Waals surface area contributed by atoms with Crippen molar-refractivity contribution in [3.8, 4) is 11.8 Å². The molecule has 0 aliphatic heterocycles. The Balaban J connectivity index is 2.00. The summed E-state index contributed by atoms with van der Waals surface area (Å²) < 4.78 is 11.0. The smallest absolute Gasteiger partial charge is 0.140 e. The molecule has 0 aromatic carbocycles. The summed E-state index contributed by atoms with van der Waals surface area (Å²) in [4.78, 5) is 3.99. The van der Waals surface area contributed by atoms with Gasteiger partial charge < -0.3 is 9.47 Å². The third-order valence-corrected chi connectivity index (χ3v) is 2.88. The summed E-state index contributed by atoms with van der Waals surface area (Å²) in [5, 5.41) is 8.67. The Morgan fingerprint density at radius 2 is 2.39 bits per heavy atom. The average Bonchev–Trinajstić information content (AvgIpc) is 2.40. The second-order valence-electron chi connectivity index (χ2n) is 4.30. The van der Waals surface area contributed by atoms with Crippen molar-refractivity contribution >= 4 is 0 Å². The standard InChI is InChI=1S/C14H16N2O2/c1-17-10-11-3-2-4-13(7-11)18-14-6-5-12(8-15)16-9-14/h5-7,9,13H,2-4,10H2,1H3. The molecule has 0 radical (unpaired) electrons. The minimum Gasteiger partial charge on any atom is -0.485 e. The van der Waals surface area contributed by atoms with Crippen molar-refractivity contribution in [2.75, 3.05) is 13.7 Å². The van der Waals surface area contributed by atoms with E-state index in [9.17, 15) is 0 Å². The molecule has 1 atom stereocenters. The Bertz CT molecular complexity index is 460. The van der Waals surface area contributed by atoms with E-state index in [0.717, 1.165) is 19.3 Å². The van der Waals surface area contributed by atoms with Gasteiger partial charge in [0.05, 0.1) is 12.8 Å². The minimum absolute atomic E-state index is 0.0821. The Hall–Kier alpha value is -1.86. The third-order valence-electron chi connectivity index (χ3n) is 2.88. The van der Waals surface area contributed by atoms with Crippen molar-refractivity contribution in [2.24, 2.45) is 0 Å². The molecule has 0 amide bonds. The van der Waals surface area contributed by atoms with Crippen LogP contribution in [0.15, 0.2) is 30.0 Å². The van der Waals surface area contributed by atoms with E-state index in [0.29, 0.717) is 18.1 Å². The lowest BCUT2D eigenvalue weighted by Gasteiger charge is -2.22. The molecular weight excluding hydrogens is 228 g/mol. The molecule has 0 bridgehead atoms. The van der Waals surface area contributed by atoms with Crippen LogP contribution in [0.2, 0.25) is 0 Å². The summed E-state index contributed by atoms with van der Waals surface area (Å²) in [5.74, 6) is 0.703. The lowest BCUT2D eigenvalue weighted by Crippen LogP contribution is -2.19. The van der Waals surface area contributed by atoms with E-state index in [-0.39, 0.29) is 6.10 Å². The Morgan fingerprint density at radius 1 is 1.50 bits per heavy atom. The van der Waals surface area contributed by atoms with Gasteiger partial charge in [0.2, 0.25) is 0 Å². The summed E-state index contributed by atoms with van der Waals surface area (Å²) in [6.45, 7) is 0.672. The maximum Gasteiger partial charge on any atom is 0.140 e. The normalized spacial score (nSPS) is 18.9. The van der Waals surface area contributed by atoms with Crippen LogP contribution in [0.25, 0.3) is 0 Å². The highest BCUT2D eigenvalue weighted by atomic mass is 16.5. The number of nitriles is 1. The van der Waals surface area contributed by atoms with Gasteiger partial charge in [-0.25, -0.2) is 4.98 Å². The molecule has 0 spiro atoms. The molecule has 4 heteroatoms. The molecule has 1 aliphatic carbocycles. The fourth-order valence-electron chi connectivity index (χ4n) is 2.05. The molecule has 0 saturated carbocycles. The number of pyridine rings is 1. The van der Waals surface area contributed by atoms with Crippen LogP contribution in [0.5, 0.6) is 5.75 Å². The van der Waals surface area contributed by atoms with E-state index in [4.69, 9.17) is 14.7 Å². The number of methoxy groups -OCH3 is 1. The van der Waals surface area contributed by atoms with Crippen molar-refractivity contribution in [1.82, 2.24) is 4.98 Å². The predicted molar refractivity (Wildman–Crippen MR) is 67.2 cm³/mol. The maximum atomic E-state index is 8.67. The van der Waals surface area contributed by atoms with Crippen molar-refractivity contribution < 1.29 is 9.47 Å². The third kappa shape index (κ3) is 3.31. The van der Waals surface area contributed by atoms with E-state index < -0.39 is 0 Å². The van der Waals surface area contributed by atoms with E-state index in [1.807, 2.05) is 6.07 Å². The zero-order valence-electron chi connectivity index (χ0n) is 10.4. The molecule has 1 aliphatic rings. The van der Waals surface area contributed by atoms with Crippen LogP contribution in [0.3, 0.4) is 0 Å². The molecule has 2 rings (SSSR count). The second-order valence-corrected chi connectivity index (χ2v) is 4.30. The van der Waals surface area contributed by atoms with Gasteiger partial charge in [-0.15, -0.1) is 0 Å². The zero-order valence-corrected chi connectivity index (χ0v) is 10.4. The van der Waals surface area contributed by atoms with Crippen LogP contribution in [-0.2, 0) is 4.74 Å². The van der Waals surface area contributed by atoms with Crippen molar-refractivity contribution in [3.63, 3.8) is 0 Å². The molecule has 0 saturated heterocycles. The van der Waals surface area contributed by atoms with E-state index in [1.165, 1.54) is 5.57 Å². The van der Waals surface area contributed by atoms with Gasteiger partial charge in [0.25, 0.3) is 0 Å². The lowest BCUT2D eigenvalue weighted by molar-refractivity contribution is 0.200. The van der Waals surface area contributed by atoms with Gasteiger partial charge in [0, 0.05) is 7.11 Å². The molecule has 0 fully saturated rings. The van der Waals surface area contributed by atoms with Crippen LogP contribution in [-0.4, -0.2) is 24.8 Å². The summed E-state index contributed by atoms with van der Waals surface area (Å²) in [5.41, 5.74) is 1.69. The molecule has 4 nitrogen and oxygen atoms in total. The van der Waals surface area contributed by atoms with Crippen LogP contribution in [0, 0.1) is 11.3 Å². The fraction of sp³-hybridized carbons (Fsp3) is 0.429. The Kier molecular flexibility index (Phi) is 4.32. The first-order valence-electron chi connectivity index (χ1n) is 6.03. The van der Waals surface area contributed by atoms with E-state index in [2.05, 4.69) is 11.1 Å². The molecule has 1 aromatic heterocycles. The quantitative estimate of drug-likeness (QED) is 0.763. The SMILES string of the molecule is COCC1=CC(Oc2ccc(C#N)nc2)CCC1. The topological polar surface area (TPSA) is 55.1 Å². The van der Waals surface area contributed by atoms with Crippen molar-refractivity contribution in [1.29, 1.82) is 5.26 Å². The molecule has 94 valence electrons. The van der Waals surface area contributed by atoms with Crippen molar-refractivity contribution in [3.05, 3.63) is 35.7 Å². The van der Waals surface area contributed by atoms with Crippen LogP contribution in [0.4, 0.5) is 0 Å². The highest BCUT2D eigenvalue weighted by Crippen LogP contribution is 2.22. The predicted octanol–water partition coefficient (Wildman–Crippen LogP) is 2.46. The molecule has 1 unspecified atom stereocenters. The minimum atomic E-state index is 0.0821. The molecule has 0 N–H and O–H groups in total. The first-order valence-corrected chi connectivity index (χ1v) is 6.03. The van der Waals surface area contributed by atoms with Gasteiger partial charge in [0.15, 0.2) is 0 Å². The number of hydrogen-bond donors (Lipinski definition) is 0. The zero-order chi connectivity index (χ0) is 12.8. The van der Waals surface area contributed by atoms with Crippen LogP contribution >= 0.6 is 0 Å². The number of rotatable bonds is 4. The van der Waals surface area contributed by atoms with Crippen molar-refractivity contribution in [2.45, 2.75) is 25.4 Å². The van der Waals surface area contributed by atoms with Gasteiger partial charge >= 0.3 is 0 Å². The van der Waals surface area contributed by atoms with Gasteiger partial charge in [-0.2, -0.15) is 5.26 Å². The fourth-order valence-corrected chi connectivity index (χ4v) is 2.05. The van der Waals surface area contributed by atoms with Gasteiger partial charge in [-0.3, -0.25) is 0 Å². The number of aromatic nitrogens is 1. The number of hydrogen-bond acceptors (Lipinski definition) is 4. The van der Waals surface area contributed by atoms with Gasteiger partial charge in [0.1, 0.15) is 23.6 Å². The summed E-state index contributed by atoms with van der Waals surface area (Å²) in [7, 11) is 1.70.